The van der Waals surface area contributed by atoms with Crippen molar-refractivity contribution in [3.8, 4) is 0 Å². The van der Waals surface area contributed by atoms with Gasteiger partial charge < -0.3 is 15.2 Å². The number of carbonyl (C=O) groups is 1. The number of nitrogens with zero attached hydrogens (tertiary/aromatic N) is 3. The van der Waals surface area contributed by atoms with Gasteiger partial charge in [0.2, 0.25) is 5.91 Å². The van der Waals surface area contributed by atoms with Crippen LogP contribution in [0.15, 0.2) is 48.5 Å². The molecule has 0 aliphatic carbocycles. The number of nitrogens with one attached hydrogen (secondary N) is 2. The van der Waals surface area contributed by atoms with Gasteiger partial charge in [0.05, 0.1) is 11.0 Å². The van der Waals surface area contributed by atoms with Crippen molar-refractivity contribution in [3.63, 3.8) is 0 Å². The van der Waals surface area contributed by atoms with Crippen LogP contribution in [0, 0.1) is 5.82 Å². The largest absolute Gasteiger partial charge is 0.369 e. The number of amides is 1. The molecular weight excluding hydrogens is 369 g/mol. The molecule has 3 aromatic rings. The minimum Gasteiger partial charge on any atom is -0.369 e. The molecule has 1 saturated heterocycles. The second-order valence-corrected chi connectivity index (χ2v) is 7.36. The predicted molar refractivity (Wildman–Crippen MR) is 112 cm³/mol. The third-order valence-corrected chi connectivity index (χ3v) is 5.34. The van der Waals surface area contributed by atoms with E-state index in [0.29, 0.717) is 19.4 Å². The summed E-state index contributed by atoms with van der Waals surface area (Å²) in [6.45, 7) is 5.18. The maximum Gasteiger partial charge on any atom is 0.220 e. The first-order valence-electron chi connectivity index (χ1n) is 10.1. The molecule has 2 heterocycles. The van der Waals surface area contributed by atoms with Gasteiger partial charge in [0, 0.05) is 57.8 Å². The van der Waals surface area contributed by atoms with E-state index in [-0.39, 0.29) is 11.7 Å². The summed E-state index contributed by atoms with van der Waals surface area (Å²) in [5, 5.41) is 3.01. The number of hydrogen-bond acceptors (Lipinski definition) is 4. The molecule has 152 valence electrons. The molecule has 0 saturated carbocycles. The number of rotatable bonds is 7. The number of benzene rings is 2. The number of para-hydroxylation sites is 2. The number of H-pyrrole nitrogens is 1. The SMILES string of the molecule is O=C(CCc1nc2ccccc2[nH]1)NCCN1CCN(c2ccc(F)cc2)CC1. The fourth-order valence-corrected chi connectivity index (χ4v) is 3.68. The molecular formula is C22H26FN5O. The van der Waals surface area contributed by atoms with Crippen LogP contribution in [0.5, 0.6) is 0 Å². The van der Waals surface area contributed by atoms with Crippen LogP contribution in [0.3, 0.4) is 0 Å². The van der Waals surface area contributed by atoms with E-state index in [1.54, 1.807) is 0 Å². The van der Waals surface area contributed by atoms with Gasteiger partial charge in [-0.1, -0.05) is 12.1 Å². The smallest absolute Gasteiger partial charge is 0.220 e. The minimum atomic E-state index is -0.205. The van der Waals surface area contributed by atoms with Gasteiger partial charge in [-0.05, 0) is 36.4 Å². The molecule has 7 heteroatoms. The number of aromatic amines is 1. The lowest BCUT2D eigenvalue weighted by molar-refractivity contribution is -0.121. The number of piperazine rings is 1. The van der Waals surface area contributed by atoms with E-state index in [2.05, 4.69) is 25.1 Å². The quantitative estimate of drug-likeness (QED) is 0.645. The number of imidazole rings is 1. The van der Waals surface area contributed by atoms with Crippen LogP contribution in [0.1, 0.15) is 12.2 Å². The molecule has 6 nitrogen and oxygen atoms in total. The summed E-state index contributed by atoms with van der Waals surface area (Å²) in [6, 6.07) is 14.5. The Morgan fingerprint density at radius 2 is 1.83 bits per heavy atom. The highest BCUT2D eigenvalue weighted by atomic mass is 19.1. The van der Waals surface area contributed by atoms with Gasteiger partial charge >= 0.3 is 0 Å². The number of anilines is 1. The number of carbonyl (C=O) groups excluding carboxylic acids is 1. The van der Waals surface area contributed by atoms with Gasteiger partial charge in [-0.25, -0.2) is 9.37 Å². The van der Waals surface area contributed by atoms with E-state index < -0.39 is 0 Å². The normalized spacial score (nSPS) is 15.0. The summed E-state index contributed by atoms with van der Waals surface area (Å²) >= 11 is 0. The molecule has 0 bridgehead atoms. The standard InChI is InChI=1S/C22H26FN5O/c23-17-5-7-18(8-6-17)28-15-13-27(14-16-28)12-11-24-22(29)10-9-21-25-19-3-1-2-4-20(19)26-21/h1-8H,9-16H2,(H,24,29)(H,25,26). The average Bonchev–Trinajstić information content (AvgIpc) is 3.16. The van der Waals surface area contributed by atoms with E-state index >= 15 is 0 Å². The highest BCUT2D eigenvalue weighted by Crippen LogP contribution is 2.16. The Balaban J connectivity index is 1.14. The fourth-order valence-electron chi connectivity index (χ4n) is 3.68. The molecule has 2 N–H and O–H groups in total. The van der Waals surface area contributed by atoms with Crippen LogP contribution >= 0.6 is 0 Å². The molecule has 1 amide bonds. The molecule has 1 aliphatic rings. The van der Waals surface area contributed by atoms with Gasteiger partial charge in [-0.3, -0.25) is 9.69 Å². The maximum atomic E-state index is 13.1. The lowest BCUT2D eigenvalue weighted by atomic mass is 10.2. The van der Waals surface area contributed by atoms with E-state index in [4.69, 9.17) is 0 Å². The summed E-state index contributed by atoms with van der Waals surface area (Å²) < 4.78 is 13.1. The molecule has 1 aliphatic heterocycles. The second-order valence-electron chi connectivity index (χ2n) is 7.36. The van der Waals surface area contributed by atoms with Crippen LogP contribution in [-0.2, 0) is 11.2 Å². The van der Waals surface area contributed by atoms with Crippen molar-refractivity contribution in [2.45, 2.75) is 12.8 Å². The monoisotopic (exact) mass is 395 g/mol. The van der Waals surface area contributed by atoms with Crippen LogP contribution in [0.4, 0.5) is 10.1 Å². The number of aryl methyl sites for hydroxylation is 1. The summed E-state index contributed by atoms with van der Waals surface area (Å²) in [5.41, 5.74) is 3.00. The molecule has 29 heavy (non-hydrogen) atoms. The lowest BCUT2D eigenvalue weighted by Gasteiger charge is -2.36. The van der Waals surface area contributed by atoms with Crippen molar-refractivity contribution in [2.24, 2.45) is 0 Å². The highest BCUT2D eigenvalue weighted by molar-refractivity contribution is 5.77. The molecule has 2 aromatic carbocycles. The number of fused-ring (bicyclic) bond motifs is 1. The second kappa shape index (κ2) is 9.05. The van der Waals surface area contributed by atoms with Crippen molar-refractivity contribution in [1.82, 2.24) is 20.2 Å². The summed E-state index contributed by atoms with van der Waals surface area (Å²) in [6.07, 6.45) is 1.04. The van der Waals surface area contributed by atoms with E-state index in [9.17, 15) is 9.18 Å². The highest BCUT2D eigenvalue weighted by Gasteiger charge is 2.17. The Hall–Kier alpha value is -2.93. The Labute approximate surface area is 169 Å². The van der Waals surface area contributed by atoms with Crippen LogP contribution in [0.25, 0.3) is 11.0 Å². The minimum absolute atomic E-state index is 0.0513. The van der Waals surface area contributed by atoms with E-state index in [1.807, 2.05) is 36.4 Å². The van der Waals surface area contributed by atoms with Gasteiger partial charge in [-0.2, -0.15) is 0 Å². The molecule has 0 atom stereocenters. The van der Waals surface area contributed by atoms with Crippen LogP contribution in [0.2, 0.25) is 0 Å². The fraction of sp³-hybridized carbons (Fsp3) is 0.364. The topological polar surface area (TPSA) is 64.3 Å². The summed E-state index contributed by atoms with van der Waals surface area (Å²) in [4.78, 5) is 24.5. The molecule has 1 aromatic heterocycles. The maximum absolute atomic E-state index is 13.1. The van der Waals surface area contributed by atoms with Crippen molar-refractivity contribution in [3.05, 3.63) is 60.2 Å². The van der Waals surface area contributed by atoms with Crippen LogP contribution in [-0.4, -0.2) is 60.0 Å². The summed E-state index contributed by atoms with van der Waals surface area (Å²) in [7, 11) is 0. The van der Waals surface area contributed by atoms with Gasteiger partial charge in [-0.15, -0.1) is 0 Å². The Morgan fingerprint density at radius 1 is 1.07 bits per heavy atom. The zero-order valence-corrected chi connectivity index (χ0v) is 16.4. The summed E-state index contributed by atoms with van der Waals surface area (Å²) in [5.74, 6) is 0.692. The first-order chi connectivity index (χ1) is 14.2. The van der Waals surface area contributed by atoms with Gasteiger partial charge in [0.1, 0.15) is 11.6 Å². The van der Waals surface area contributed by atoms with Crippen LogP contribution < -0.4 is 10.2 Å². The van der Waals surface area contributed by atoms with Gasteiger partial charge in [0.15, 0.2) is 0 Å². The van der Waals surface area contributed by atoms with Gasteiger partial charge in [0.25, 0.3) is 0 Å². The predicted octanol–water partition coefficient (Wildman–Crippen LogP) is 2.57. The molecule has 4 rings (SSSR count). The third-order valence-electron chi connectivity index (χ3n) is 5.34. The first kappa shape index (κ1) is 19.4. The first-order valence-corrected chi connectivity index (χ1v) is 10.1. The van der Waals surface area contributed by atoms with Crippen molar-refractivity contribution >= 4 is 22.6 Å². The Morgan fingerprint density at radius 3 is 2.59 bits per heavy atom. The molecule has 0 spiro atoms. The lowest BCUT2D eigenvalue weighted by Crippen LogP contribution is -2.48. The van der Waals surface area contributed by atoms with E-state index in [0.717, 1.165) is 55.3 Å². The Bertz CT molecular complexity index is 914. The average molecular weight is 395 g/mol. The Kier molecular flexibility index (Phi) is 6.05. The van der Waals surface area contributed by atoms with Crippen molar-refractivity contribution in [2.75, 3.05) is 44.2 Å². The molecule has 0 radical (unpaired) electrons. The van der Waals surface area contributed by atoms with Crippen molar-refractivity contribution < 1.29 is 9.18 Å². The third kappa shape index (κ3) is 5.12. The van der Waals surface area contributed by atoms with Crippen molar-refractivity contribution in [1.29, 1.82) is 0 Å². The number of halogens is 1. The number of hydrogen-bond donors (Lipinski definition) is 2. The zero-order chi connectivity index (χ0) is 20.1. The number of aromatic nitrogens is 2. The zero-order valence-electron chi connectivity index (χ0n) is 16.4. The van der Waals surface area contributed by atoms with E-state index in [1.165, 1.54) is 12.1 Å². The molecule has 0 unspecified atom stereocenters. The molecule has 1 fully saturated rings.